The second-order valence-electron chi connectivity index (χ2n) is 6.33. The number of anilines is 1. The highest BCUT2D eigenvalue weighted by Crippen LogP contribution is 2.22. The molecule has 27 heavy (non-hydrogen) atoms. The lowest BCUT2D eigenvalue weighted by Gasteiger charge is -2.12. The predicted molar refractivity (Wildman–Crippen MR) is 107 cm³/mol. The fourth-order valence-electron chi connectivity index (χ4n) is 2.81. The van der Waals surface area contributed by atoms with Gasteiger partial charge in [0.05, 0.1) is 20.3 Å². The Kier molecular flexibility index (Phi) is 6.23. The topological polar surface area (TPSA) is 47.6 Å². The average Bonchev–Trinajstić information content (AvgIpc) is 2.69. The third-order valence-electron chi connectivity index (χ3n) is 4.19. The zero-order valence-electron chi connectivity index (χ0n) is 15.6. The number of benzene rings is 3. The summed E-state index contributed by atoms with van der Waals surface area (Å²) in [7, 11) is 1.61. The molecule has 0 aromatic heterocycles. The number of aryl methyl sites for hydroxylation is 1. The molecule has 3 rings (SSSR count). The molecule has 4 nitrogen and oxygen atoms in total. The molecule has 0 spiro atoms. The van der Waals surface area contributed by atoms with E-state index in [1.807, 2.05) is 67.6 Å². The van der Waals surface area contributed by atoms with Crippen molar-refractivity contribution in [3.8, 4) is 5.75 Å². The van der Waals surface area contributed by atoms with Crippen molar-refractivity contribution in [3.05, 3.63) is 95.1 Å². The molecule has 1 amide bonds. The standard InChI is InChI=1S/C23H23NO3/c1-17-7-6-10-21(13-17)24-23(25)19-11-12-22(26-2)20(14-19)16-27-15-18-8-4-3-5-9-18/h3-14H,15-16H2,1-2H3,(H,24,25). The molecule has 3 aromatic rings. The van der Waals surface area contributed by atoms with Crippen LogP contribution in [0.1, 0.15) is 27.0 Å². The highest BCUT2D eigenvalue weighted by Gasteiger charge is 2.11. The van der Waals surface area contributed by atoms with Crippen LogP contribution in [0.4, 0.5) is 5.69 Å². The van der Waals surface area contributed by atoms with Crippen molar-refractivity contribution in [2.24, 2.45) is 0 Å². The Labute approximate surface area is 159 Å². The molecular weight excluding hydrogens is 338 g/mol. The lowest BCUT2D eigenvalue weighted by molar-refractivity contribution is 0.102. The molecule has 0 aliphatic rings. The van der Waals surface area contributed by atoms with Gasteiger partial charge in [0, 0.05) is 16.8 Å². The first-order valence-corrected chi connectivity index (χ1v) is 8.82. The van der Waals surface area contributed by atoms with Crippen LogP contribution in [-0.2, 0) is 18.0 Å². The molecule has 0 saturated heterocycles. The van der Waals surface area contributed by atoms with E-state index in [1.165, 1.54) is 0 Å². The van der Waals surface area contributed by atoms with Crippen molar-refractivity contribution >= 4 is 11.6 Å². The Bertz CT molecular complexity index is 907. The number of nitrogens with one attached hydrogen (secondary N) is 1. The Hall–Kier alpha value is -3.11. The molecule has 0 heterocycles. The highest BCUT2D eigenvalue weighted by molar-refractivity contribution is 6.04. The van der Waals surface area contributed by atoms with Crippen LogP contribution in [0.3, 0.4) is 0 Å². The second kappa shape index (κ2) is 9.01. The molecule has 0 radical (unpaired) electrons. The number of methoxy groups -OCH3 is 1. The average molecular weight is 361 g/mol. The van der Waals surface area contributed by atoms with E-state index in [-0.39, 0.29) is 5.91 Å². The maximum Gasteiger partial charge on any atom is 0.255 e. The zero-order chi connectivity index (χ0) is 19.1. The maximum atomic E-state index is 12.6. The van der Waals surface area contributed by atoms with Crippen molar-refractivity contribution in [2.45, 2.75) is 20.1 Å². The van der Waals surface area contributed by atoms with Crippen molar-refractivity contribution < 1.29 is 14.3 Å². The van der Waals surface area contributed by atoms with Gasteiger partial charge >= 0.3 is 0 Å². The smallest absolute Gasteiger partial charge is 0.255 e. The molecule has 3 aromatic carbocycles. The number of rotatable bonds is 7. The number of amides is 1. The fraction of sp³-hybridized carbons (Fsp3) is 0.174. The second-order valence-corrected chi connectivity index (χ2v) is 6.33. The van der Waals surface area contributed by atoms with Crippen molar-refractivity contribution in [2.75, 3.05) is 12.4 Å². The summed E-state index contributed by atoms with van der Waals surface area (Å²) in [6, 6.07) is 23.1. The van der Waals surface area contributed by atoms with E-state index in [1.54, 1.807) is 19.2 Å². The molecule has 4 heteroatoms. The van der Waals surface area contributed by atoms with Crippen LogP contribution in [0.2, 0.25) is 0 Å². The quantitative estimate of drug-likeness (QED) is 0.646. The summed E-state index contributed by atoms with van der Waals surface area (Å²) in [6.07, 6.45) is 0. The van der Waals surface area contributed by atoms with E-state index in [0.29, 0.717) is 24.5 Å². The summed E-state index contributed by atoms with van der Waals surface area (Å²) in [5.41, 5.74) is 4.38. The Morgan fingerprint density at radius 1 is 0.926 bits per heavy atom. The molecule has 0 aliphatic heterocycles. The first kappa shape index (κ1) is 18.7. The van der Waals surface area contributed by atoms with E-state index >= 15 is 0 Å². The molecule has 0 atom stereocenters. The van der Waals surface area contributed by atoms with Crippen LogP contribution < -0.4 is 10.1 Å². The van der Waals surface area contributed by atoms with E-state index in [2.05, 4.69) is 5.32 Å². The highest BCUT2D eigenvalue weighted by atomic mass is 16.5. The third kappa shape index (κ3) is 5.19. The fourth-order valence-corrected chi connectivity index (χ4v) is 2.81. The molecule has 0 unspecified atom stereocenters. The van der Waals surface area contributed by atoms with Gasteiger partial charge in [-0.25, -0.2) is 0 Å². The van der Waals surface area contributed by atoms with Crippen LogP contribution in [0, 0.1) is 6.92 Å². The Morgan fingerprint density at radius 3 is 2.48 bits per heavy atom. The maximum absolute atomic E-state index is 12.6. The lowest BCUT2D eigenvalue weighted by atomic mass is 10.1. The molecule has 0 fully saturated rings. The minimum atomic E-state index is -0.160. The van der Waals surface area contributed by atoms with E-state index in [0.717, 1.165) is 22.4 Å². The summed E-state index contributed by atoms with van der Waals surface area (Å²) < 4.78 is 11.2. The van der Waals surface area contributed by atoms with E-state index < -0.39 is 0 Å². The van der Waals surface area contributed by atoms with Gasteiger partial charge in [0.2, 0.25) is 0 Å². The van der Waals surface area contributed by atoms with Gasteiger partial charge in [-0.1, -0.05) is 42.5 Å². The predicted octanol–water partition coefficient (Wildman–Crippen LogP) is 4.97. The van der Waals surface area contributed by atoms with Crippen LogP contribution in [0.25, 0.3) is 0 Å². The van der Waals surface area contributed by atoms with Gasteiger partial charge in [-0.2, -0.15) is 0 Å². The first-order chi connectivity index (χ1) is 13.2. The summed E-state index contributed by atoms with van der Waals surface area (Å²) >= 11 is 0. The van der Waals surface area contributed by atoms with Gasteiger partial charge in [0.15, 0.2) is 0 Å². The van der Waals surface area contributed by atoms with Crippen LogP contribution >= 0.6 is 0 Å². The minimum absolute atomic E-state index is 0.160. The number of hydrogen-bond acceptors (Lipinski definition) is 3. The van der Waals surface area contributed by atoms with Crippen LogP contribution in [-0.4, -0.2) is 13.0 Å². The normalized spacial score (nSPS) is 10.4. The largest absolute Gasteiger partial charge is 0.496 e. The van der Waals surface area contributed by atoms with Gasteiger partial charge < -0.3 is 14.8 Å². The van der Waals surface area contributed by atoms with Gasteiger partial charge in [0.1, 0.15) is 5.75 Å². The SMILES string of the molecule is COc1ccc(C(=O)Nc2cccc(C)c2)cc1COCc1ccccc1. The van der Waals surface area contributed by atoms with Crippen molar-refractivity contribution in [3.63, 3.8) is 0 Å². The van der Waals surface area contributed by atoms with Gasteiger partial charge in [-0.05, 0) is 48.4 Å². The van der Waals surface area contributed by atoms with Gasteiger partial charge in [-0.15, -0.1) is 0 Å². The molecule has 0 saturated carbocycles. The minimum Gasteiger partial charge on any atom is -0.496 e. The van der Waals surface area contributed by atoms with Crippen LogP contribution in [0.5, 0.6) is 5.75 Å². The number of carbonyl (C=O) groups is 1. The van der Waals surface area contributed by atoms with Gasteiger partial charge in [0.25, 0.3) is 5.91 Å². The first-order valence-electron chi connectivity index (χ1n) is 8.82. The lowest BCUT2D eigenvalue weighted by Crippen LogP contribution is -2.12. The zero-order valence-corrected chi connectivity index (χ0v) is 15.6. The molecule has 138 valence electrons. The molecule has 0 aliphatic carbocycles. The number of ether oxygens (including phenoxy) is 2. The Balaban J connectivity index is 1.69. The summed E-state index contributed by atoms with van der Waals surface area (Å²) in [4.78, 5) is 12.6. The van der Waals surface area contributed by atoms with Crippen molar-refractivity contribution in [1.29, 1.82) is 0 Å². The van der Waals surface area contributed by atoms with Crippen LogP contribution in [0.15, 0.2) is 72.8 Å². The monoisotopic (exact) mass is 361 g/mol. The summed E-state index contributed by atoms with van der Waals surface area (Å²) in [5, 5.41) is 2.93. The van der Waals surface area contributed by atoms with Crippen molar-refractivity contribution in [1.82, 2.24) is 0 Å². The van der Waals surface area contributed by atoms with E-state index in [9.17, 15) is 4.79 Å². The molecule has 0 bridgehead atoms. The summed E-state index contributed by atoms with van der Waals surface area (Å²) in [5.74, 6) is 0.544. The summed E-state index contributed by atoms with van der Waals surface area (Å²) in [6.45, 7) is 2.86. The molecule has 1 N–H and O–H groups in total. The Morgan fingerprint density at radius 2 is 1.74 bits per heavy atom. The third-order valence-corrected chi connectivity index (χ3v) is 4.19. The number of hydrogen-bond donors (Lipinski definition) is 1. The number of carbonyl (C=O) groups excluding carboxylic acids is 1. The van der Waals surface area contributed by atoms with E-state index in [4.69, 9.17) is 9.47 Å². The molecular formula is C23H23NO3. The van der Waals surface area contributed by atoms with Gasteiger partial charge in [-0.3, -0.25) is 4.79 Å².